The van der Waals surface area contributed by atoms with Crippen molar-refractivity contribution in [1.29, 1.82) is 0 Å². The predicted molar refractivity (Wildman–Crippen MR) is 99.7 cm³/mol. The molecule has 0 fully saturated rings. The van der Waals surface area contributed by atoms with E-state index in [1.165, 1.54) is 16.7 Å². The maximum absolute atomic E-state index is 11.8. The first kappa shape index (κ1) is 18.1. The number of nitrogens with one attached hydrogen (secondary N) is 1. The van der Waals surface area contributed by atoms with Crippen LogP contribution < -0.4 is 10.1 Å². The molecular weight excluding hydrogens is 298 g/mol. The van der Waals surface area contributed by atoms with Gasteiger partial charge >= 0.3 is 0 Å². The quantitative estimate of drug-likeness (QED) is 0.802. The third kappa shape index (κ3) is 4.16. The van der Waals surface area contributed by atoms with Gasteiger partial charge in [0.25, 0.3) is 0 Å². The minimum absolute atomic E-state index is 0.0202. The smallest absolute Gasteiger partial charge is 0.224 e. The SMILES string of the molecule is CCC(=O)Nc1cccc(CC)c1COc1cc(C)c(C)cc1C. The molecule has 0 bridgehead atoms. The molecule has 2 aromatic carbocycles. The monoisotopic (exact) mass is 325 g/mol. The summed E-state index contributed by atoms with van der Waals surface area (Å²) >= 11 is 0. The summed E-state index contributed by atoms with van der Waals surface area (Å²) in [6, 6.07) is 10.3. The van der Waals surface area contributed by atoms with Crippen LogP contribution in [0.15, 0.2) is 30.3 Å². The lowest BCUT2D eigenvalue weighted by molar-refractivity contribution is -0.115. The molecule has 0 unspecified atom stereocenters. The number of hydrogen-bond acceptors (Lipinski definition) is 2. The molecule has 0 atom stereocenters. The number of hydrogen-bond donors (Lipinski definition) is 1. The second kappa shape index (κ2) is 8.00. The Labute approximate surface area is 145 Å². The molecule has 1 amide bonds. The fourth-order valence-corrected chi connectivity index (χ4v) is 2.73. The standard InChI is InChI=1S/C21H27NO2/c1-6-17-9-8-10-19(22-21(23)7-2)18(17)13-24-20-12-15(4)14(3)11-16(20)5/h8-12H,6-7,13H2,1-5H3,(H,22,23). The third-order valence-electron chi connectivity index (χ3n) is 4.41. The van der Waals surface area contributed by atoms with Gasteiger partial charge in [0.15, 0.2) is 0 Å². The average Bonchev–Trinajstić information content (AvgIpc) is 2.57. The Kier molecular flexibility index (Phi) is 6.02. The number of amides is 1. The Balaban J connectivity index is 2.28. The van der Waals surface area contributed by atoms with E-state index in [-0.39, 0.29) is 5.91 Å². The van der Waals surface area contributed by atoms with Crippen molar-refractivity contribution >= 4 is 11.6 Å². The normalized spacial score (nSPS) is 10.5. The van der Waals surface area contributed by atoms with Gasteiger partial charge < -0.3 is 10.1 Å². The summed E-state index contributed by atoms with van der Waals surface area (Å²) in [7, 11) is 0. The van der Waals surface area contributed by atoms with E-state index in [1.54, 1.807) is 0 Å². The lowest BCUT2D eigenvalue weighted by Crippen LogP contribution is -2.13. The fourth-order valence-electron chi connectivity index (χ4n) is 2.73. The summed E-state index contributed by atoms with van der Waals surface area (Å²) in [5, 5.41) is 2.99. The van der Waals surface area contributed by atoms with E-state index in [2.05, 4.69) is 51.2 Å². The molecule has 0 radical (unpaired) electrons. The first-order chi connectivity index (χ1) is 11.5. The van der Waals surface area contributed by atoms with Crippen LogP contribution in [0.25, 0.3) is 0 Å². The van der Waals surface area contributed by atoms with E-state index in [0.717, 1.165) is 29.0 Å². The van der Waals surface area contributed by atoms with Crippen LogP contribution >= 0.6 is 0 Å². The lowest BCUT2D eigenvalue weighted by Gasteiger charge is -2.17. The molecule has 128 valence electrons. The first-order valence-electron chi connectivity index (χ1n) is 8.57. The van der Waals surface area contributed by atoms with Gasteiger partial charge in [-0.05, 0) is 61.6 Å². The van der Waals surface area contributed by atoms with Crippen LogP contribution in [0.3, 0.4) is 0 Å². The van der Waals surface area contributed by atoms with E-state index in [0.29, 0.717) is 13.0 Å². The Hall–Kier alpha value is -2.29. The van der Waals surface area contributed by atoms with Crippen LogP contribution in [0.4, 0.5) is 5.69 Å². The zero-order valence-electron chi connectivity index (χ0n) is 15.3. The molecule has 0 aromatic heterocycles. The van der Waals surface area contributed by atoms with Gasteiger partial charge in [0, 0.05) is 17.7 Å². The van der Waals surface area contributed by atoms with Crippen molar-refractivity contribution in [2.75, 3.05) is 5.32 Å². The van der Waals surface area contributed by atoms with Gasteiger partial charge in [0.2, 0.25) is 5.91 Å². The molecule has 1 N–H and O–H groups in total. The van der Waals surface area contributed by atoms with E-state index in [9.17, 15) is 4.79 Å². The topological polar surface area (TPSA) is 38.3 Å². The summed E-state index contributed by atoms with van der Waals surface area (Å²) in [6.07, 6.45) is 1.37. The van der Waals surface area contributed by atoms with Crippen LogP contribution in [0.5, 0.6) is 5.75 Å². The molecule has 3 nitrogen and oxygen atoms in total. The maximum atomic E-state index is 11.8. The summed E-state index contributed by atoms with van der Waals surface area (Å²) in [5.74, 6) is 0.920. The van der Waals surface area contributed by atoms with Crippen molar-refractivity contribution in [2.24, 2.45) is 0 Å². The van der Waals surface area contributed by atoms with Crippen molar-refractivity contribution < 1.29 is 9.53 Å². The minimum Gasteiger partial charge on any atom is -0.489 e. The van der Waals surface area contributed by atoms with Crippen molar-refractivity contribution in [2.45, 2.75) is 54.1 Å². The highest BCUT2D eigenvalue weighted by molar-refractivity contribution is 5.91. The van der Waals surface area contributed by atoms with E-state index in [1.807, 2.05) is 19.1 Å². The maximum Gasteiger partial charge on any atom is 0.224 e. The Bertz CT molecular complexity index is 735. The number of carbonyl (C=O) groups excluding carboxylic acids is 1. The number of carbonyl (C=O) groups is 1. The molecular formula is C21H27NO2. The van der Waals surface area contributed by atoms with Crippen molar-refractivity contribution in [3.05, 3.63) is 58.1 Å². The largest absolute Gasteiger partial charge is 0.489 e. The zero-order valence-corrected chi connectivity index (χ0v) is 15.3. The van der Waals surface area contributed by atoms with Crippen LogP contribution in [0.1, 0.15) is 48.1 Å². The molecule has 3 heteroatoms. The molecule has 2 aromatic rings. The van der Waals surface area contributed by atoms with Crippen LogP contribution in [-0.4, -0.2) is 5.91 Å². The highest BCUT2D eigenvalue weighted by atomic mass is 16.5. The molecule has 0 saturated heterocycles. The molecule has 0 spiro atoms. The third-order valence-corrected chi connectivity index (χ3v) is 4.41. The van der Waals surface area contributed by atoms with E-state index >= 15 is 0 Å². The summed E-state index contributed by atoms with van der Waals surface area (Å²) in [5.41, 5.74) is 6.72. The van der Waals surface area contributed by atoms with Gasteiger partial charge in [-0.2, -0.15) is 0 Å². The average molecular weight is 325 g/mol. The highest BCUT2D eigenvalue weighted by Crippen LogP contribution is 2.27. The molecule has 0 aliphatic heterocycles. The van der Waals surface area contributed by atoms with Gasteiger partial charge in [0.05, 0.1) is 0 Å². The van der Waals surface area contributed by atoms with Gasteiger partial charge in [0.1, 0.15) is 12.4 Å². The Morgan fingerprint density at radius 1 is 1.04 bits per heavy atom. The number of benzene rings is 2. The van der Waals surface area contributed by atoms with Gasteiger partial charge in [-0.1, -0.05) is 32.0 Å². The van der Waals surface area contributed by atoms with Gasteiger partial charge in [-0.15, -0.1) is 0 Å². The molecule has 0 aliphatic carbocycles. The second-order valence-corrected chi connectivity index (χ2v) is 6.19. The Morgan fingerprint density at radius 2 is 1.75 bits per heavy atom. The zero-order chi connectivity index (χ0) is 17.7. The van der Waals surface area contributed by atoms with Gasteiger partial charge in [-0.25, -0.2) is 0 Å². The second-order valence-electron chi connectivity index (χ2n) is 6.19. The predicted octanol–water partition coefficient (Wildman–Crippen LogP) is 5.10. The fraction of sp³-hybridized carbons (Fsp3) is 0.381. The van der Waals surface area contributed by atoms with E-state index < -0.39 is 0 Å². The minimum atomic E-state index is 0.0202. The molecule has 24 heavy (non-hydrogen) atoms. The van der Waals surface area contributed by atoms with Crippen molar-refractivity contribution in [3.63, 3.8) is 0 Å². The lowest BCUT2D eigenvalue weighted by atomic mass is 10.0. The number of rotatable bonds is 6. The number of anilines is 1. The molecule has 0 saturated carbocycles. The Morgan fingerprint density at radius 3 is 2.42 bits per heavy atom. The van der Waals surface area contributed by atoms with Gasteiger partial charge in [-0.3, -0.25) is 4.79 Å². The highest BCUT2D eigenvalue weighted by Gasteiger charge is 2.11. The summed E-state index contributed by atoms with van der Waals surface area (Å²) in [6.45, 7) is 10.7. The first-order valence-corrected chi connectivity index (χ1v) is 8.57. The number of aryl methyl sites for hydroxylation is 4. The van der Waals surface area contributed by atoms with Crippen molar-refractivity contribution in [1.82, 2.24) is 0 Å². The summed E-state index contributed by atoms with van der Waals surface area (Å²) in [4.78, 5) is 11.8. The molecule has 2 rings (SSSR count). The van der Waals surface area contributed by atoms with Crippen LogP contribution in [0.2, 0.25) is 0 Å². The van der Waals surface area contributed by atoms with Crippen molar-refractivity contribution in [3.8, 4) is 5.75 Å². The molecule has 0 heterocycles. The van der Waals surface area contributed by atoms with E-state index in [4.69, 9.17) is 4.74 Å². The summed E-state index contributed by atoms with van der Waals surface area (Å²) < 4.78 is 6.11. The van der Waals surface area contributed by atoms with Crippen LogP contribution in [-0.2, 0) is 17.8 Å². The molecule has 0 aliphatic rings. The van der Waals surface area contributed by atoms with Crippen LogP contribution in [0, 0.1) is 20.8 Å². The number of ether oxygens (including phenoxy) is 1.